The molecule has 218 valence electrons. The Labute approximate surface area is 246 Å². The molecule has 5 rings (SSSR count). The molecule has 1 atom stereocenters. The van der Waals surface area contributed by atoms with Gasteiger partial charge in [0.25, 0.3) is 0 Å². The number of aromatic hydroxyl groups is 1. The quantitative estimate of drug-likeness (QED) is 0.198. The molecule has 1 aliphatic rings. The Morgan fingerprint density at radius 2 is 1.74 bits per heavy atom. The summed E-state index contributed by atoms with van der Waals surface area (Å²) >= 11 is 0. The third-order valence-electron chi connectivity index (χ3n) is 6.51. The van der Waals surface area contributed by atoms with Crippen LogP contribution >= 0.6 is 8.81 Å². The SMILES string of the molecule is CC(=O)NCC(=O)NCCc1ccc(PO)cc1.CNc1ccc2c(c1)C(c1ccc(O)cc1)=NCc1nnc(C)n1-2. The van der Waals surface area contributed by atoms with Crippen LogP contribution in [0.2, 0.25) is 0 Å². The van der Waals surface area contributed by atoms with Gasteiger partial charge < -0.3 is 26.0 Å². The Morgan fingerprint density at radius 3 is 2.40 bits per heavy atom. The molecule has 2 amide bonds. The van der Waals surface area contributed by atoms with Gasteiger partial charge in [0, 0.05) is 46.1 Å². The number of benzene rings is 3. The van der Waals surface area contributed by atoms with Crippen LogP contribution in [0.4, 0.5) is 5.69 Å². The van der Waals surface area contributed by atoms with Crippen molar-refractivity contribution < 1.29 is 19.6 Å². The first kappa shape index (κ1) is 30.4. The minimum atomic E-state index is -0.217. The number of hydrogen-bond acceptors (Lipinski definition) is 8. The fraction of sp³-hybridized carbons (Fsp3) is 0.233. The van der Waals surface area contributed by atoms with Crippen LogP contribution in [0.25, 0.3) is 5.69 Å². The maximum atomic E-state index is 11.3. The van der Waals surface area contributed by atoms with Gasteiger partial charge in [-0.05, 0) is 66.7 Å². The highest BCUT2D eigenvalue weighted by Gasteiger charge is 2.22. The van der Waals surface area contributed by atoms with E-state index in [4.69, 9.17) is 9.89 Å². The predicted octanol–water partition coefficient (Wildman–Crippen LogP) is 2.37. The summed E-state index contributed by atoms with van der Waals surface area (Å²) in [5.74, 6) is 1.49. The molecule has 3 aromatic carbocycles. The van der Waals surface area contributed by atoms with E-state index in [2.05, 4.69) is 38.3 Å². The number of aromatic nitrogens is 3. The van der Waals surface area contributed by atoms with Crippen molar-refractivity contribution in [2.75, 3.05) is 25.5 Å². The number of carbonyl (C=O) groups is 2. The van der Waals surface area contributed by atoms with Gasteiger partial charge in [0.05, 0.1) is 17.9 Å². The number of amides is 2. The first-order valence-corrected chi connectivity index (χ1v) is 14.3. The monoisotopic (exact) mass is 587 g/mol. The van der Waals surface area contributed by atoms with Crippen LogP contribution in [0.1, 0.15) is 35.3 Å². The molecule has 1 aliphatic heterocycles. The lowest BCUT2D eigenvalue weighted by Crippen LogP contribution is -2.36. The smallest absolute Gasteiger partial charge is 0.239 e. The molecule has 4 aromatic rings. The molecule has 2 heterocycles. The summed E-state index contributed by atoms with van der Waals surface area (Å²) in [6.45, 7) is 4.31. The lowest BCUT2D eigenvalue weighted by molar-refractivity contribution is -0.125. The summed E-state index contributed by atoms with van der Waals surface area (Å²) in [7, 11) is 1.71. The van der Waals surface area contributed by atoms with E-state index in [-0.39, 0.29) is 32.9 Å². The molecule has 12 heteroatoms. The molecular formula is C30H34N7O4P. The van der Waals surface area contributed by atoms with Gasteiger partial charge in [-0.2, -0.15) is 0 Å². The number of aliphatic imine (C=N–C) groups is 1. The van der Waals surface area contributed by atoms with Crippen LogP contribution in [0.5, 0.6) is 5.75 Å². The third-order valence-corrected chi connectivity index (χ3v) is 7.10. The second kappa shape index (κ2) is 14.3. The zero-order valence-electron chi connectivity index (χ0n) is 23.7. The number of rotatable bonds is 8. The number of hydrogen-bond donors (Lipinski definition) is 5. The van der Waals surface area contributed by atoms with E-state index >= 15 is 0 Å². The highest BCUT2D eigenvalue weighted by Crippen LogP contribution is 2.28. The van der Waals surface area contributed by atoms with E-state index in [0.717, 1.165) is 57.2 Å². The summed E-state index contributed by atoms with van der Waals surface area (Å²) in [5.41, 5.74) is 5.96. The topological polar surface area (TPSA) is 154 Å². The number of nitrogens with one attached hydrogen (secondary N) is 3. The third kappa shape index (κ3) is 7.78. The minimum Gasteiger partial charge on any atom is -0.508 e. The van der Waals surface area contributed by atoms with Crippen molar-refractivity contribution in [1.29, 1.82) is 0 Å². The zero-order valence-corrected chi connectivity index (χ0v) is 24.7. The fourth-order valence-corrected chi connectivity index (χ4v) is 4.67. The summed E-state index contributed by atoms with van der Waals surface area (Å²) in [6, 6.07) is 20.9. The van der Waals surface area contributed by atoms with Crippen molar-refractivity contribution in [2.45, 2.75) is 26.8 Å². The van der Waals surface area contributed by atoms with Gasteiger partial charge in [0.1, 0.15) is 18.1 Å². The Kier molecular flexibility index (Phi) is 10.4. The summed E-state index contributed by atoms with van der Waals surface area (Å²) in [4.78, 5) is 35.6. The highest BCUT2D eigenvalue weighted by molar-refractivity contribution is 7.40. The summed E-state index contributed by atoms with van der Waals surface area (Å²) < 4.78 is 2.05. The van der Waals surface area contributed by atoms with Gasteiger partial charge in [0.2, 0.25) is 11.8 Å². The molecule has 1 unspecified atom stereocenters. The number of nitrogens with zero attached hydrogens (tertiary/aromatic N) is 4. The van der Waals surface area contributed by atoms with Crippen LogP contribution in [0.15, 0.2) is 71.7 Å². The van der Waals surface area contributed by atoms with Crippen molar-refractivity contribution in [1.82, 2.24) is 25.4 Å². The average Bonchev–Trinajstić information content (AvgIpc) is 3.28. The molecule has 42 heavy (non-hydrogen) atoms. The maximum absolute atomic E-state index is 11.3. The van der Waals surface area contributed by atoms with Crippen LogP contribution < -0.4 is 21.3 Å². The maximum Gasteiger partial charge on any atom is 0.239 e. The van der Waals surface area contributed by atoms with Crippen molar-refractivity contribution in [3.8, 4) is 11.4 Å². The van der Waals surface area contributed by atoms with Crippen LogP contribution in [0, 0.1) is 6.92 Å². The normalized spacial score (nSPS) is 11.9. The van der Waals surface area contributed by atoms with Gasteiger partial charge in [-0.25, -0.2) is 0 Å². The Hall–Kier alpha value is -4.60. The first-order valence-electron chi connectivity index (χ1n) is 13.4. The van der Waals surface area contributed by atoms with Crippen molar-refractivity contribution in [2.24, 2.45) is 4.99 Å². The second-order valence-corrected chi connectivity index (χ2v) is 10.3. The van der Waals surface area contributed by atoms with E-state index in [0.29, 0.717) is 13.1 Å². The largest absolute Gasteiger partial charge is 0.508 e. The minimum absolute atomic E-state index is 0.0138. The van der Waals surface area contributed by atoms with E-state index in [1.165, 1.54) is 6.92 Å². The number of anilines is 1. The molecule has 5 N–H and O–H groups in total. The van der Waals surface area contributed by atoms with Gasteiger partial charge in [-0.15, -0.1) is 10.2 Å². The highest BCUT2D eigenvalue weighted by atomic mass is 31.1. The van der Waals surface area contributed by atoms with Crippen LogP contribution in [0.3, 0.4) is 0 Å². The molecule has 0 spiro atoms. The number of aryl methyl sites for hydroxylation is 1. The first-order chi connectivity index (χ1) is 20.3. The summed E-state index contributed by atoms with van der Waals surface area (Å²) in [6.07, 6.45) is 0.723. The Morgan fingerprint density at radius 1 is 1.00 bits per heavy atom. The molecule has 11 nitrogen and oxygen atoms in total. The predicted molar refractivity (Wildman–Crippen MR) is 165 cm³/mol. The van der Waals surface area contributed by atoms with Gasteiger partial charge >= 0.3 is 0 Å². The fourth-order valence-electron chi connectivity index (χ4n) is 4.36. The Balaban J connectivity index is 0.000000202. The molecule has 0 saturated heterocycles. The lowest BCUT2D eigenvalue weighted by atomic mass is 9.99. The number of phenols is 1. The van der Waals surface area contributed by atoms with E-state index in [1.807, 2.05) is 61.0 Å². The molecular weight excluding hydrogens is 553 g/mol. The van der Waals surface area contributed by atoms with Gasteiger partial charge in [0.15, 0.2) is 5.82 Å². The van der Waals surface area contributed by atoms with Crippen molar-refractivity contribution in [3.63, 3.8) is 0 Å². The molecule has 0 bridgehead atoms. The van der Waals surface area contributed by atoms with E-state index in [1.54, 1.807) is 12.1 Å². The number of fused-ring (bicyclic) bond motifs is 3. The standard InChI is InChI=1S/C18H17N5O.C12H17N2O3P/c1-11-21-22-17-10-20-18(12-3-6-14(24)7-4-12)15-9-13(19-2)5-8-16(15)23(11)17;1-9(15)14-8-12(16)13-7-6-10-2-4-11(18-17)5-3-10/h3-9,19,24H,10H2,1-2H3;2-5,17-18H,6-8H2,1H3,(H,13,16)(H,14,15). The second-order valence-electron chi connectivity index (χ2n) is 9.51. The number of carbonyl (C=O) groups excluding carboxylic acids is 2. The van der Waals surface area contributed by atoms with Crippen LogP contribution in [-0.2, 0) is 22.6 Å². The Bertz CT molecular complexity index is 1570. The average molecular weight is 588 g/mol. The van der Waals surface area contributed by atoms with Gasteiger partial charge in [-0.3, -0.25) is 19.1 Å². The number of phenolic OH excluding ortho intramolecular Hbond substituents is 1. The molecule has 1 aromatic heterocycles. The van der Waals surface area contributed by atoms with E-state index in [9.17, 15) is 14.7 Å². The van der Waals surface area contributed by atoms with Crippen molar-refractivity contribution >= 4 is 37.3 Å². The molecule has 0 aliphatic carbocycles. The van der Waals surface area contributed by atoms with E-state index < -0.39 is 0 Å². The molecule has 0 radical (unpaired) electrons. The molecule has 0 fully saturated rings. The lowest BCUT2D eigenvalue weighted by Gasteiger charge is -2.14. The molecule has 0 saturated carbocycles. The van der Waals surface area contributed by atoms with Gasteiger partial charge in [-0.1, -0.05) is 24.3 Å². The van der Waals surface area contributed by atoms with Crippen LogP contribution in [-0.4, -0.2) is 62.4 Å². The van der Waals surface area contributed by atoms with Crippen molar-refractivity contribution in [3.05, 3.63) is 95.1 Å². The zero-order chi connectivity index (χ0) is 30.1. The summed E-state index contributed by atoms with van der Waals surface area (Å²) in [5, 5.41) is 27.2.